The maximum Gasteiger partial charge on any atom is 0.254 e. The van der Waals surface area contributed by atoms with E-state index in [0.29, 0.717) is 29.4 Å². The van der Waals surface area contributed by atoms with Gasteiger partial charge in [0.15, 0.2) is 0 Å². The molecule has 2 aliphatic carbocycles. The Kier molecular flexibility index (Phi) is 10.3. The number of para-hydroxylation sites is 1. The van der Waals surface area contributed by atoms with Gasteiger partial charge in [0.1, 0.15) is 0 Å². The lowest BCUT2D eigenvalue weighted by Gasteiger charge is -2.41. The van der Waals surface area contributed by atoms with E-state index in [9.17, 15) is 14.4 Å². The van der Waals surface area contributed by atoms with Gasteiger partial charge in [0, 0.05) is 60.0 Å². The average Bonchev–Trinajstić information content (AvgIpc) is 3.31. The molecule has 3 atom stereocenters. The topological polar surface area (TPSA) is 99.2 Å². The molecule has 6 rings (SSSR count). The minimum absolute atomic E-state index is 0.151. The zero-order valence-electron chi connectivity index (χ0n) is 29.2. The maximum atomic E-state index is 13.6. The van der Waals surface area contributed by atoms with Crippen LogP contribution in [0.4, 0.5) is 0 Å². The van der Waals surface area contributed by atoms with Crippen molar-refractivity contribution in [1.82, 2.24) is 25.1 Å². The molecule has 3 aromatic rings. The highest BCUT2D eigenvalue weighted by Gasteiger charge is 2.35. The zero-order chi connectivity index (χ0) is 33.2. The van der Waals surface area contributed by atoms with Crippen LogP contribution in [0, 0.1) is 50.4 Å². The van der Waals surface area contributed by atoms with Crippen LogP contribution in [0.2, 0.25) is 0 Å². The van der Waals surface area contributed by atoms with Crippen LogP contribution in [-0.2, 0) is 11.3 Å². The van der Waals surface area contributed by atoms with Gasteiger partial charge in [0.2, 0.25) is 5.91 Å². The molecule has 0 spiro atoms. The van der Waals surface area contributed by atoms with Crippen LogP contribution in [0.15, 0.2) is 35.1 Å². The van der Waals surface area contributed by atoms with Crippen LogP contribution in [0.25, 0.3) is 10.9 Å². The van der Waals surface area contributed by atoms with Crippen LogP contribution in [0.1, 0.15) is 104 Å². The predicted octanol–water partition coefficient (Wildman–Crippen LogP) is 6.43. The number of aryl methyl sites for hydroxylation is 2. The maximum absolute atomic E-state index is 13.6. The molecule has 2 saturated carbocycles. The number of nitrogens with zero attached hydrogens (tertiary/aromatic N) is 2. The number of piperidine rings is 1. The number of fused-ring (bicyclic) bond motifs is 3. The van der Waals surface area contributed by atoms with Crippen molar-refractivity contribution >= 4 is 22.7 Å². The van der Waals surface area contributed by atoms with Gasteiger partial charge in [-0.15, -0.1) is 0 Å². The van der Waals surface area contributed by atoms with Crippen molar-refractivity contribution in [3.05, 3.63) is 68.8 Å². The third-order valence-corrected chi connectivity index (χ3v) is 11.7. The van der Waals surface area contributed by atoms with Crippen molar-refractivity contribution in [2.75, 3.05) is 26.2 Å². The van der Waals surface area contributed by atoms with Crippen LogP contribution in [0.3, 0.4) is 0 Å². The SMILES string of the molecule is Cc1cc(C)c(CNC(=O)c2c(C)n([C@H](C)C3CCN(CCNC(=O)CC4CC5CC(C)CC(C4)C5)CC3)c3ccccc23)c(=O)[nH]1. The van der Waals surface area contributed by atoms with Crippen LogP contribution in [-0.4, -0.2) is 52.4 Å². The molecule has 0 radical (unpaired) electrons. The van der Waals surface area contributed by atoms with Crippen molar-refractivity contribution in [3.63, 3.8) is 0 Å². The second kappa shape index (κ2) is 14.4. The number of pyridine rings is 1. The number of H-pyrrole nitrogens is 1. The second-order valence-corrected chi connectivity index (χ2v) is 15.3. The Bertz CT molecular complexity index is 1630. The van der Waals surface area contributed by atoms with Gasteiger partial charge in [-0.2, -0.15) is 0 Å². The lowest BCUT2D eigenvalue weighted by Crippen LogP contribution is -2.41. The van der Waals surface area contributed by atoms with Gasteiger partial charge in [-0.1, -0.05) is 25.1 Å². The highest BCUT2D eigenvalue weighted by atomic mass is 16.2. The van der Waals surface area contributed by atoms with Gasteiger partial charge in [0.05, 0.1) is 5.56 Å². The van der Waals surface area contributed by atoms with Crippen molar-refractivity contribution in [3.8, 4) is 0 Å². The van der Waals surface area contributed by atoms with E-state index in [1.807, 2.05) is 45.0 Å². The highest BCUT2D eigenvalue weighted by Crippen LogP contribution is 2.45. The molecule has 2 unspecified atom stereocenters. The molecule has 2 bridgehead atoms. The van der Waals surface area contributed by atoms with Gasteiger partial charge in [-0.05, 0) is 133 Å². The summed E-state index contributed by atoms with van der Waals surface area (Å²) >= 11 is 0. The first-order valence-corrected chi connectivity index (χ1v) is 18.1. The van der Waals surface area contributed by atoms with Gasteiger partial charge in [-0.3, -0.25) is 14.4 Å². The molecule has 8 nitrogen and oxygen atoms in total. The third-order valence-electron chi connectivity index (χ3n) is 11.7. The largest absolute Gasteiger partial charge is 0.355 e. The Morgan fingerprint density at radius 2 is 1.68 bits per heavy atom. The smallest absolute Gasteiger partial charge is 0.254 e. The molecule has 3 N–H and O–H groups in total. The number of hydrogen-bond acceptors (Lipinski definition) is 4. The van der Waals surface area contributed by atoms with E-state index in [1.54, 1.807) is 0 Å². The number of amides is 2. The molecule has 3 fully saturated rings. The first-order valence-electron chi connectivity index (χ1n) is 18.1. The van der Waals surface area contributed by atoms with E-state index in [1.165, 1.54) is 32.1 Å². The number of likely N-dealkylation sites (tertiary alicyclic amines) is 1. The molecule has 3 heterocycles. The van der Waals surface area contributed by atoms with Crippen molar-refractivity contribution in [1.29, 1.82) is 0 Å². The summed E-state index contributed by atoms with van der Waals surface area (Å²) in [6, 6.07) is 10.3. The number of benzene rings is 1. The van der Waals surface area contributed by atoms with E-state index in [2.05, 4.69) is 45.0 Å². The van der Waals surface area contributed by atoms with Gasteiger partial charge >= 0.3 is 0 Å². The molecule has 1 aromatic carbocycles. The van der Waals surface area contributed by atoms with Crippen LogP contribution >= 0.6 is 0 Å². The fraction of sp³-hybridized carbons (Fsp3) is 0.615. The summed E-state index contributed by atoms with van der Waals surface area (Å²) in [6.45, 7) is 14.4. The lowest BCUT2D eigenvalue weighted by atomic mass is 9.64. The molecular formula is C39H55N5O3. The molecule has 1 saturated heterocycles. The summed E-state index contributed by atoms with van der Waals surface area (Å²) in [5.74, 6) is 3.71. The fourth-order valence-electron chi connectivity index (χ4n) is 9.61. The van der Waals surface area contributed by atoms with E-state index in [4.69, 9.17) is 0 Å². The summed E-state index contributed by atoms with van der Waals surface area (Å²) < 4.78 is 2.36. The van der Waals surface area contributed by atoms with Crippen molar-refractivity contribution < 1.29 is 9.59 Å². The Hall–Kier alpha value is -3.39. The fourth-order valence-corrected chi connectivity index (χ4v) is 9.61. The van der Waals surface area contributed by atoms with Gasteiger partial charge in [0.25, 0.3) is 11.5 Å². The molecule has 8 heteroatoms. The van der Waals surface area contributed by atoms with E-state index < -0.39 is 0 Å². The molecule has 254 valence electrons. The Morgan fingerprint density at radius 1 is 0.979 bits per heavy atom. The second-order valence-electron chi connectivity index (χ2n) is 15.3. The lowest BCUT2D eigenvalue weighted by molar-refractivity contribution is -0.122. The van der Waals surface area contributed by atoms with E-state index in [-0.39, 0.29) is 30.0 Å². The normalized spacial score (nSPS) is 24.3. The third kappa shape index (κ3) is 7.53. The molecular weight excluding hydrogens is 586 g/mol. The first-order chi connectivity index (χ1) is 22.6. The number of aromatic amines is 1. The standard InChI is InChI=1S/C39H55N5O3/c1-24-16-29-19-30(17-24)21-31(20-29)22-36(45)40-12-15-43-13-10-32(11-14-43)27(4)44-28(5)37(33-8-6-7-9-35(33)44)39(47)41-23-34-25(2)18-26(3)42-38(34)46/h6-9,18,24,27,29-32H,10-17,19-23H2,1-5H3,(H,40,45)(H,41,47)(H,42,46)/t24?,27-,29?,30?,31?/m1/s1. The van der Waals surface area contributed by atoms with Gasteiger partial charge in [-0.25, -0.2) is 0 Å². The number of carbonyl (C=O) groups excluding carboxylic acids is 2. The Labute approximate surface area is 280 Å². The van der Waals surface area contributed by atoms with E-state index >= 15 is 0 Å². The summed E-state index contributed by atoms with van der Waals surface area (Å²) in [6.07, 6.45) is 9.48. The minimum atomic E-state index is -0.152. The minimum Gasteiger partial charge on any atom is -0.355 e. The number of aromatic nitrogens is 2. The Balaban J connectivity index is 1.02. The Morgan fingerprint density at radius 3 is 2.38 bits per heavy atom. The zero-order valence-corrected chi connectivity index (χ0v) is 29.2. The quantitative estimate of drug-likeness (QED) is 0.238. The molecule has 1 aliphatic heterocycles. The van der Waals surface area contributed by atoms with Crippen LogP contribution < -0.4 is 16.2 Å². The van der Waals surface area contributed by atoms with Crippen LogP contribution in [0.5, 0.6) is 0 Å². The highest BCUT2D eigenvalue weighted by molar-refractivity contribution is 6.08. The average molecular weight is 642 g/mol. The van der Waals surface area contributed by atoms with E-state index in [0.717, 1.165) is 84.6 Å². The summed E-state index contributed by atoms with van der Waals surface area (Å²) in [5.41, 5.74) is 4.86. The summed E-state index contributed by atoms with van der Waals surface area (Å²) in [7, 11) is 0. The van der Waals surface area contributed by atoms with Gasteiger partial charge < -0.3 is 25.1 Å². The number of nitrogens with one attached hydrogen (secondary N) is 3. The first kappa shape index (κ1) is 33.5. The molecule has 2 amide bonds. The molecule has 3 aliphatic rings. The summed E-state index contributed by atoms with van der Waals surface area (Å²) in [5, 5.41) is 7.23. The predicted molar refractivity (Wildman–Crippen MR) is 189 cm³/mol. The van der Waals surface area contributed by atoms with Crippen molar-refractivity contribution in [2.45, 2.75) is 98.6 Å². The summed E-state index contributed by atoms with van der Waals surface area (Å²) in [4.78, 5) is 44.3. The monoisotopic (exact) mass is 641 g/mol. The molecule has 2 aromatic heterocycles. The number of rotatable bonds is 10. The molecule has 47 heavy (non-hydrogen) atoms. The van der Waals surface area contributed by atoms with Crippen molar-refractivity contribution in [2.24, 2.45) is 29.6 Å². The number of carbonyl (C=O) groups is 2. The number of hydrogen-bond donors (Lipinski definition) is 3.